The van der Waals surface area contributed by atoms with E-state index in [1.54, 1.807) is 0 Å². The normalized spacial score (nSPS) is 28.3. The molecule has 3 unspecified atom stereocenters. The van der Waals surface area contributed by atoms with Crippen molar-refractivity contribution in [1.82, 2.24) is 5.32 Å². The Morgan fingerprint density at radius 1 is 1.22 bits per heavy atom. The molecule has 18 heavy (non-hydrogen) atoms. The van der Waals surface area contributed by atoms with Gasteiger partial charge in [0.1, 0.15) is 0 Å². The minimum Gasteiger partial charge on any atom is -0.317 e. The van der Waals surface area contributed by atoms with Crippen LogP contribution in [0.2, 0.25) is 0 Å². The van der Waals surface area contributed by atoms with Gasteiger partial charge < -0.3 is 5.32 Å². The summed E-state index contributed by atoms with van der Waals surface area (Å²) in [6.07, 6.45) is 6.74. The highest BCUT2D eigenvalue weighted by atomic mass is 127. The van der Waals surface area contributed by atoms with Crippen molar-refractivity contribution in [1.29, 1.82) is 0 Å². The first kappa shape index (κ1) is 14.3. The van der Waals surface area contributed by atoms with E-state index in [2.05, 4.69) is 66.1 Å². The zero-order chi connectivity index (χ0) is 13.0. The Hall–Kier alpha value is -0.0900. The summed E-state index contributed by atoms with van der Waals surface area (Å²) in [5.74, 6) is 1.76. The van der Waals surface area contributed by atoms with Crippen molar-refractivity contribution in [2.45, 2.75) is 45.1 Å². The standard InChI is InChI=1S/C16H24IN/c1-3-12-6-9-16(18-2)14(10-12)11-13-4-7-15(17)8-5-13/h4-5,7-8,12,14,16,18H,3,6,9-11H2,1-2H3. The van der Waals surface area contributed by atoms with Gasteiger partial charge in [-0.3, -0.25) is 0 Å². The summed E-state index contributed by atoms with van der Waals surface area (Å²) in [4.78, 5) is 0. The summed E-state index contributed by atoms with van der Waals surface area (Å²) in [7, 11) is 2.12. The lowest BCUT2D eigenvalue weighted by Crippen LogP contribution is -2.39. The van der Waals surface area contributed by atoms with Gasteiger partial charge in [-0.25, -0.2) is 0 Å². The molecule has 2 rings (SSSR count). The average Bonchev–Trinajstić information content (AvgIpc) is 2.41. The van der Waals surface area contributed by atoms with Crippen molar-refractivity contribution in [3.63, 3.8) is 0 Å². The molecule has 1 N–H and O–H groups in total. The van der Waals surface area contributed by atoms with E-state index in [0.717, 1.165) is 11.8 Å². The van der Waals surface area contributed by atoms with Gasteiger partial charge in [-0.05, 0) is 84.9 Å². The second-order valence-electron chi connectivity index (χ2n) is 5.57. The topological polar surface area (TPSA) is 12.0 Å². The van der Waals surface area contributed by atoms with Crippen LogP contribution in [0.5, 0.6) is 0 Å². The van der Waals surface area contributed by atoms with Crippen molar-refractivity contribution in [2.75, 3.05) is 7.05 Å². The molecule has 0 saturated heterocycles. The molecule has 1 aliphatic rings. The number of hydrogen-bond donors (Lipinski definition) is 1. The second kappa shape index (κ2) is 6.90. The molecule has 100 valence electrons. The molecule has 0 radical (unpaired) electrons. The van der Waals surface area contributed by atoms with Gasteiger partial charge in [-0.2, -0.15) is 0 Å². The maximum Gasteiger partial charge on any atom is 0.0130 e. The van der Waals surface area contributed by atoms with Gasteiger partial charge >= 0.3 is 0 Å². The molecule has 1 aromatic rings. The first-order chi connectivity index (χ1) is 8.72. The molecule has 1 nitrogen and oxygen atoms in total. The fourth-order valence-electron chi connectivity index (χ4n) is 3.26. The highest BCUT2D eigenvalue weighted by molar-refractivity contribution is 14.1. The minimum absolute atomic E-state index is 0.715. The van der Waals surface area contributed by atoms with E-state index in [9.17, 15) is 0 Å². The van der Waals surface area contributed by atoms with E-state index in [-0.39, 0.29) is 0 Å². The predicted octanol–water partition coefficient (Wildman–Crippen LogP) is 4.25. The van der Waals surface area contributed by atoms with Gasteiger partial charge in [0.25, 0.3) is 0 Å². The Kier molecular flexibility index (Phi) is 5.49. The van der Waals surface area contributed by atoms with Crippen LogP contribution in [0.15, 0.2) is 24.3 Å². The number of rotatable bonds is 4. The molecule has 1 saturated carbocycles. The zero-order valence-corrected chi connectivity index (χ0v) is 13.6. The monoisotopic (exact) mass is 357 g/mol. The molecule has 2 heteroatoms. The molecular formula is C16H24IN. The van der Waals surface area contributed by atoms with Crippen LogP contribution in [0.1, 0.15) is 38.2 Å². The van der Waals surface area contributed by atoms with Crippen molar-refractivity contribution in [2.24, 2.45) is 11.8 Å². The average molecular weight is 357 g/mol. The lowest BCUT2D eigenvalue weighted by Gasteiger charge is -2.36. The molecule has 1 fully saturated rings. The van der Waals surface area contributed by atoms with Crippen LogP contribution in [0.25, 0.3) is 0 Å². The fraction of sp³-hybridized carbons (Fsp3) is 0.625. The van der Waals surface area contributed by atoms with Crippen LogP contribution in [0, 0.1) is 15.4 Å². The van der Waals surface area contributed by atoms with Gasteiger partial charge in [-0.15, -0.1) is 0 Å². The summed E-state index contributed by atoms with van der Waals surface area (Å²) in [6.45, 7) is 2.34. The minimum atomic E-state index is 0.715. The highest BCUT2D eigenvalue weighted by Crippen LogP contribution is 2.33. The summed E-state index contributed by atoms with van der Waals surface area (Å²) >= 11 is 2.38. The van der Waals surface area contributed by atoms with E-state index in [4.69, 9.17) is 0 Å². The molecule has 1 aliphatic carbocycles. The van der Waals surface area contributed by atoms with Crippen LogP contribution >= 0.6 is 22.6 Å². The predicted molar refractivity (Wildman–Crippen MR) is 86.8 cm³/mol. The molecule has 0 aliphatic heterocycles. The van der Waals surface area contributed by atoms with Crippen molar-refractivity contribution in [3.05, 3.63) is 33.4 Å². The summed E-state index contributed by atoms with van der Waals surface area (Å²) in [5, 5.41) is 3.53. The summed E-state index contributed by atoms with van der Waals surface area (Å²) in [6, 6.07) is 9.76. The molecule has 0 heterocycles. The van der Waals surface area contributed by atoms with Crippen LogP contribution in [-0.2, 0) is 6.42 Å². The van der Waals surface area contributed by atoms with Crippen LogP contribution in [-0.4, -0.2) is 13.1 Å². The lowest BCUT2D eigenvalue weighted by atomic mass is 9.74. The quantitative estimate of drug-likeness (QED) is 0.795. The Bertz CT molecular complexity index is 360. The second-order valence-corrected chi connectivity index (χ2v) is 6.82. The summed E-state index contributed by atoms with van der Waals surface area (Å²) < 4.78 is 1.33. The van der Waals surface area contributed by atoms with Crippen molar-refractivity contribution < 1.29 is 0 Å². The van der Waals surface area contributed by atoms with Crippen LogP contribution in [0.3, 0.4) is 0 Å². The maximum atomic E-state index is 3.53. The van der Waals surface area contributed by atoms with Crippen molar-refractivity contribution in [3.8, 4) is 0 Å². The number of hydrogen-bond acceptors (Lipinski definition) is 1. The van der Waals surface area contributed by atoms with E-state index in [1.807, 2.05) is 0 Å². The molecule has 1 aromatic carbocycles. The Balaban J connectivity index is 2.02. The van der Waals surface area contributed by atoms with Gasteiger partial charge in [0.15, 0.2) is 0 Å². The third-order valence-corrected chi connectivity index (χ3v) is 5.17. The zero-order valence-electron chi connectivity index (χ0n) is 11.5. The van der Waals surface area contributed by atoms with Crippen LogP contribution < -0.4 is 5.32 Å². The first-order valence-electron chi connectivity index (χ1n) is 7.14. The highest BCUT2D eigenvalue weighted by Gasteiger charge is 2.28. The number of benzene rings is 1. The summed E-state index contributed by atoms with van der Waals surface area (Å²) in [5.41, 5.74) is 1.50. The molecular weight excluding hydrogens is 333 g/mol. The number of halogens is 1. The smallest absolute Gasteiger partial charge is 0.0130 e. The Morgan fingerprint density at radius 3 is 2.56 bits per heavy atom. The third-order valence-electron chi connectivity index (χ3n) is 4.45. The van der Waals surface area contributed by atoms with E-state index >= 15 is 0 Å². The molecule has 0 amide bonds. The van der Waals surface area contributed by atoms with E-state index in [0.29, 0.717) is 6.04 Å². The maximum absolute atomic E-state index is 3.53. The molecule has 0 aromatic heterocycles. The first-order valence-corrected chi connectivity index (χ1v) is 8.22. The molecule has 0 spiro atoms. The van der Waals surface area contributed by atoms with Crippen molar-refractivity contribution >= 4 is 22.6 Å². The molecule has 0 bridgehead atoms. The fourth-order valence-corrected chi connectivity index (χ4v) is 3.62. The van der Waals surface area contributed by atoms with Gasteiger partial charge in [0.2, 0.25) is 0 Å². The SMILES string of the molecule is CCC1CCC(NC)C(Cc2ccc(I)cc2)C1. The van der Waals surface area contributed by atoms with Gasteiger partial charge in [-0.1, -0.05) is 25.5 Å². The Labute approximate surface area is 125 Å². The largest absolute Gasteiger partial charge is 0.317 e. The lowest BCUT2D eigenvalue weighted by molar-refractivity contribution is 0.205. The van der Waals surface area contributed by atoms with E-state index < -0.39 is 0 Å². The third kappa shape index (κ3) is 3.70. The van der Waals surface area contributed by atoms with Gasteiger partial charge in [0, 0.05) is 9.61 Å². The van der Waals surface area contributed by atoms with Crippen LogP contribution in [0.4, 0.5) is 0 Å². The van der Waals surface area contributed by atoms with Gasteiger partial charge in [0.05, 0.1) is 0 Å². The molecule has 3 atom stereocenters. The Morgan fingerprint density at radius 2 is 1.94 bits per heavy atom. The van der Waals surface area contributed by atoms with E-state index in [1.165, 1.54) is 41.2 Å². The number of nitrogens with one attached hydrogen (secondary N) is 1.